The van der Waals surface area contributed by atoms with Crippen molar-refractivity contribution in [2.24, 2.45) is 0 Å². The summed E-state index contributed by atoms with van der Waals surface area (Å²) in [5.74, 6) is 0.122. The number of anilines is 2. The molecule has 3 aromatic rings. The van der Waals surface area contributed by atoms with Crippen LogP contribution in [0.25, 0.3) is 10.9 Å². The van der Waals surface area contributed by atoms with Crippen molar-refractivity contribution in [2.45, 2.75) is 24.2 Å². The van der Waals surface area contributed by atoms with Crippen molar-refractivity contribution in [3.8, 4) is 0 Å². The molecule has 2 aromatic carbocycles. The largest absolute Gasteiger partial charge is 0.339 e. The number of fused-ring (bicyclic) bond motifs is 1. The number of pyridine rings is 1. The molecule has 0 bridgehead atoms. The Morgan fingerprint density at radius 1 is 1.00 bits per heavy atom. The fourth-order valence-electron chi connectivity index (χ4n) is 3.32. The number of rotatable bonds is 4. The molecule has 0 amide bonds. The van der Waals surface area contributed by atoms with Gasteiger partial charge in [-0.2, -0.15) is 4.31 Å². The van der Waals surface area contributed by atoms with Crippen LogP contribution in [0.4, 0.5) is 15.9 Å². The second kappa shape index (κ2) is 7.66. The van der Waals surface area contributed by atoms with Crippen molar-refractivity contribution >= 4 is 44.0 Å². The highest BCUT2D eigenvalue weighted by molar-refractivity contribution is 7.89. The van der Waals surface area contributed by atoms with E-state index < -0.39 is 15.8 Å². The Hall–Kier alpha value is -2.22. The molecule has 1 fully saturated rings. The lowest BCUT2D eigenvalue weighted by molar-refractivity contribution is 0.346. The van der Waals surface area contributed by atoms with Crippen molar-refractivity contribution in [3.05, 3.63) is 59.4 Å². The average molecular weight is 420 g/mol. The van der Waals surface area contributed by atoms with E-state index in [9.17, 15) is 12.8 Å². The lowest BCUT2D eigenvalue weighted by Gasteiger charge is -2.25. The standard InChI is InChI=1S/C20H19ClFN3O2S/c21-17-13-15(22)5-7-19(17)24-20-9-4-14-12-16(6-8-18(14)23-20)28(26,27)25-10-2-1-3-11-25/h4-9,12-13H,1-3,10-11H2,(H,23,24). The number of benzene rings is 2. The van der Waals surface area contributed by atoms with E-state index in [0.717, 1.165) is 24.6 Å². The van der Waals surface area contributed by atoms with Gasteiger partial charge in [-0.25, -0.2) is 17.8 Å². The van der Waals surface area contributed by atoms with Crippen LogP contribution in [0.1, 0.15) is 19.3 Å². The Balaban J connectivity index is 1.62. The fraction of sp³-hybridized carbons (Fsp3) is 0.250. The van der Waals surface area contributed by atoms with E-state index in [1.54, 1.807) is 34.6 Å². The summed E-state index contributed by atoms with van der Waals surface area (Å²) in [7, 11) is -3.48. The lowest BCUT2D eigenvalue weighted by Crippen LogP contribution is -2.35. The maximum Gasteiger partial charge on any atom is 0.243 e. The zero-order chi connectivity index (χ0) is 19.7. The summed E-state index contributed by atoms with van der Waals surface area (Å²) < 4.78 is 40.4. The minimum Gasteiger partial charge on any atom is -0.339 e. The van der Waals surface area contributed by atoms with Crippen LogP contribution in [0.3, 0.4) is 0 Å². The second-order valence-electron chi connectivity index (χ2n) is 6.76. The van der Waals surface area contributed by atoms with Crippen molar-refractivity contribution in [1.82, 2.24) is 9.29 Å². The Morgan fingerprint density at radius 2 is 1.79 bits per heavy atom. The monoisotopic (exact) mass is 419 g/mol. The van der Waals surface area contributed by atoms with Gasteiger partial charge in [0.15, 0.2) is 0 Å². The van der Waals surface area contributed by atoms with Gasteiger partial charge in [0, 0.05) is 18.5 Å². The van der Waals surface area contributed by atoms with Crippen LogP contribution >= 0.6 is 11.6 Å². The Morgan fingerprint density at radius 3 is 2.54 bits per heavy atom. The molecule has 0 spiro atoms. The molecule has 0 saturated carbocycles. The number of sulfonamides is 1. The molecule has 0 radical (unpaired) electrons. The third-order valence-electron chi connectivity index (χ3n) is 4.81. The summed E-state index contributed by atoms with van der Waals surface area (Å²) in [5.41, 5.74) is 1.19. The number of hydrogen-bond donors (Lipinski definition) is 1. The van der Waals surface area contributed by atoms with E-state index in [-0.39, 0.29) is 9.92 Å². The third kappa shape index (κ3) is 3.83. The summed E-state index contributed by atoms with van der Waals surface area (Å²) in [6.45, 7) is 1.14. The highest BCUT2D eigenvalue weighted by atomic mass is 35.5. The molecule has 5 nitrogen and oxygen atoms in total. The van der Waals surface area contributed by atoms with Crippen molar-refractivity contribution in [1.29, 1.82) is 0 Å². The molecular weight excluding hydrogens is 401 g/mol. The van der Waals surface area contributed by atoms with Gasteiger partial charge in [-0.05, 0) is 61.4 Å². The molecule has 0 aliphatic carbocycles. The minimum atomic E-state index is -3.48. The molecule has 146 valence electrons. The lowest BCUT2D eigenvalue weighted by atomic mass is 10.2. The van der Waals surface area contributed by atoms with Crippen molar-refractivity contribution in [2.75, 3.05) is 18.4 Å². The first-order valence-electron chi connectivity index (χ1n) is 9.06. The molecule has 8 heteroatoms. The Labute approximate surface area is 168 Å². The van der Waals surface area contributed by atoms with E-state index in [2.05, 4.69) is 10.3 Å². The van der Waals surface area contributed by atoms with Gasteiger partial charge in [-0.15, -0.1) is 0 Å². The minimum absolute atomic E-state index is 0.255. The summed E-state index contributed by atoms with van der Waals surface area (Å²) in [6.07, 6.45) is 2.87. The molecule has 28 heavy (non-hydrogen) atoms. The zero-order valence-electron chi connectivity index (χ0n) is 15.0. The molecule has 1 aliphatic rings. The number of hydrogen-bond acceptors (Lipinski definition) is 4. The molecule has 0 unspecified atom stereocenters. The van der Waals surface area contributed by atoms with Crippen LogP contribution in [-0.2, 0) is 10.0 Å². The van der Waals surface area contributed by atoms with E-state index in [0.29, 0.717) is 30.1 Å². The molecule has 1 saturated heterocycles. The first kappa shape index (κ1) is 19.1. The number of nitrogens with zero attached hydrogens (tertiary/aromatic N) is 2. The number of aromatic nitrogens is 1. The Kier molecular flexibility index (Phi) is 5.23. The van der Waals surface area contributed by atoms with Gasteiger partial charge in [0.1, 0.15) is 11.6 Å². The molecule has 2 heterocycles. The summed E-state index contributed by atoms with van der Waals surface area (Å²) >= 11 is 6.04. The molecule has 1 aromatic heterocycles. The van der Waals surface area contributed by atoms with Gasteiger partial charge in [-0.3, -0.25) is 0 Å². The number of nitrogens with one attached hydrogen (secondary N) is 1. The maximum atomic E-state index is 13.2. The predicted molar refractivity (Wildman–Crippen MR) is 109 cm³/mol. The van der Waals surface area contributed by atoms with Crippen LogP contribution in [-0.4, -0.2) is 30.8 Å². The first-order valence-corrected chi connectivity index (χ1v) is 10.9. The van der Waals surface area contributed by atoms with Crippen LogP contribution in [0.5, 0.6) is 0 Å². The van der Waals surface area contributed by atoms with E-state index >= 15 is 0 Å². The van der Waals surface area contributed by atoms with Gasteiger partial charge >= 0.3 is 0 Å². The maximum absolute atomic E-state index is 13.2. The predicted octanol–water partition coefficient (Wildman–Crippen LogP) is 4.95. The summed E-state index contributed by atoms with van der Waals surface area (Å²) in [5, 5.41) is 4.04. The van der Waals surface area contributed by atoms with Crippen LogP contribution in [0, 0.1) is 5.82 Å². The number of halogens is 2. The highest BCUT2D eigenvalue weighted by Gasteiger charge is 2.26. The smallest absolute Gasteiger partial charge is 0.243 e. The van der Waals surface area contributed by atoms with Crippen LogP contribution < -0.4 is 5.32 Å². The van der Waals surface area contributed by atoms with E-state index in [1.165, 1.54) is 18.2 Å². The first-order chi connectivity index (χ1) is 13.4. The topological polar surface area (TPSA) is 62.3 Å². The van der Waals surface area contributed by atoms with Gasteiger partial charge in [0.2, 0.25) is 10.0 Å². The normalized spacial score (nSPS) is 15.6. The summed E-state index contributed by atoms with van der Waals surface area (Å²) in [4.78, 5) is 4.78. The summed E-state index contributed by atoms with van der Waals surface area (Å²) in [6, 6.07) is 12.6. The quantitative estimate of drug-likeness (QED) is 0.650. The SMILES string of the molecule is O=S(=O)(c1ccc2nc(Nc3ccc(F)cc3Cl)ccc2c1)N1CCCCC1. The van der Waals surface area contributed by atoms with Gasteiger partial charge < -0.3 is 5.32 Å². The van der Waals surface area contributed by atoms with Crippen molar-refractivity contribution in [3.63, 3.8) is 0 Å². The van der Waals surface area contributed by atoms with E-state index in [4.69, 9.17) is 11.6 Å². The number of piperidine rings is 1. The average Bonchev–Trinajstić information content (AvgIpc) is 2.70. The molecule has 4 rings (SSSR count). The van der Waals surface area contributed by atoms with Gasteiger partial charge in [0.25, 0.3) is 0 Å². The Bertz CT molecular complexity index is 1130. The third-order valence-corrected chi connectivity index (χ3v) is 7.01. The van der Waals surface area contributed by atoms with Gasteiger partial charge in [0.05, 0.1) is 21.1 Å². The van der Waals surface area contributed by atoms with Crippen LogP contribution in [0.2, 0.25) is 5.02 Å². The molecular formula is C20H19ClFN3O2S. The van der Waals surface area contributed by atoms with Crippen molar-refractivity contribution < 1.29 is 12.8 Å². The van der Waals surface area contributed by atoms with E-state index in [1.807, 2.05) is 0 Å². The highest BCUT2D eigenvalue weighted by Crippen LogP contribution is 2.28. The molecule has 1 aliphatic heterocycles. The van der Waals surface area contributed by atoms with Gasteiger partial charge in [-0.1, -0.05) is 18.0 Å². The fourth-order valence-corrected chi connectivity index (χ4v) is 5.08. The molecule has 0 atom stereocenters. The zero-order valence-corrected chi connectivity index (χ0v) is 16.6. The second-order valence-corrected chi connectivity index (χ2v) is 9.11. The molecule has 1 N–H and O–H groups in total. The van der Waals surface area contributed by atoms with Crippen LogP contribution in [0.15, 0.2) is 53.4 Å².